The molecule has 0 fully saturated rings. The fourth-order valence-corrected chi connectivity index (χ4v) is 2.86. The van der Waals surface area contributed by atoms with Crippen molar-refractivity contribution in [1.82, 2.24) is 9.29 Å². The summed E-state index contributed by atoms with van der Waals surface area (Å²) >= 11 is 0. The second-order valence-electron chi connectivity index (χ2n) is 4.47. The summed E-state index contributed by atoms with van der Waals surface area (Å²) < 4.78 is 27.8. The van der Waals surface area contributed by atoms with E-state index in [2.05, 4.69) is 4.72 Å². The number of aryl methyl sites for hydroxylation is 1. The smallest absolute Gasteiger partial charge is 0.352 e. The zero-order valence-electron chi connectivity index (χ0n) is 11.1. The number of phenols is 1. The number of aromatic carboxylic acids is 1. The minimum Gasteiger partial charge on any atom is -0.508 e. The molecule has 112 valence electrons. The summed E-state index contributed by atoms with van der Waals surface area (Å²) in [4.78, 5) is 10.8. The number of aromatic nitrogens is 1. The van der Waals surface area contributed by atoms with Crippen LogP contribution in [0.25, 0.3) is 0 Å². The first-order valence-corrected chi connectivity index (χ1v) is 7.45. The number of nitrogens with one attached hydrogen (secondary N) is 1. The number of carboxylic acid groups (broad SMARTS) is 1. The Morgan fingerprint density at radius 1 is 1.29 bits per heavy atom. The molecule has 0 saturated heterocycles. The molecule has 0 aliphatic heterocycles. The van der Waals surface area contributed by atoms with Gasteiger partial charge in [-0.15, -0.1) is 0 Å². The van der Waals surface area contributed by atoms with Gasteiger partial charge in [-0.05, 0) is 23.8 Å². The highest BCUT2D eigenvalue weighted by Gasteiger charge is 2.19. The van der Waals surface area contributed by atoms with Crippen LogP contribution in [0.4, 0.5) is 0 Å². The van der Waals surface area contributed by atoms with Crippen LogP contribution in [0.1, 0.15) is 16.1 Å². The Hall–Kier alpha value is -2.32. The van der Waals surface area contributed by atoms with Gasteiger partial charge in [0.05, 0.1) is 0 Å². The van der Waals surface area contributed by atoms with Crippen molar-refractivity contribution in [2.75, 3.05) is 0 Å². The first-order valence-electron chi connectivity index (χ1n) is 5.97. The first kappa shape index (κ1) is 15.1. The molecule has 0 aliphatic rings. The average molecular weight is 310 g/mol. The maximum atomic E-state index is 12.1. The topological polar surface area (TPSA) is 109 Å². The molecule has 7 nitrogen and oxygen atoms in total. The SMILES string of the molecule is Cn1cc(S(=O)(=O)NCc2ccc(O)cc2)cc1C(=O)O. The molecule has 0 spiro atoms. The Bertz CT molecular complexity index is 762. The van der Waals surface area contributed by atoms with Crippen LogP contribution >= 0.6 is 0 Å². The predicted molar refractivity (Wildman–Crippen MR) is 74.5 cm³/mol. The Balaban J connectivity index is 2.17. The Morgan fingerprint density at radius 2 is 1.90 bits per heavy atom. The summed E-state index contributed by atoms with van der Waals surface area (Å²) in [5, 5.41) is 18.1. The molecule has 0 bridgehead atoms. The minimum atomic E-state index is -3.80. The number of hydrogen-bond acceptors (Lipinski definition) is 4. The van der Waals surface area contributed by atoms with Gasteiger partial charge in [-0.1, -0.05) is 12.1 Å². The molecule has 0 unspecified atom stereocenters. The minimum absolute atomic E-state index is 0.0416. The lowest BCUT2D eigenvalue weighted by molar-refractivity contribution is 0.0686. The van der Waals surface area contributed by atoms with Crippen LogP contribution in [0.5, 0.6) is 5.75 Å². The lowest BCUT2D eigenvalue weighted by atomic mass is 10.2. The Kier molecular flexibility index (Phi) is 4.01. The maximum absolute atomic E-state index is 12.1. The number of rotatable bonds is 5. The Labute approximate surface area is 121 Å². The third kappa shape index (κ3) is 3.41. The van der Waals surface area contributed by atoms with E-state index in [-0.39, 0.29) is 22.9 Å². The van der Waals surface area contributed by atoms with Crippen LogP contribution in [0.3, 0.4) is 0 Å². The maximum Gasteiger partial charge on any atom is 0.352 e. The van der Waals surface area contributed by atoms with Gasteiger partial charge < -0.3 is 14.8 Å². The second kappa shape index (κ2) is 5.58. The van der Waals surface area contributed by atoms with E-state index in [0.29, 0.717) is 5.56 Å². The van der Waals surface area contributed by atoms with E-state index >= 15 is 0 Å². The lowest BCUT2D eigenvalue weighted by Gasteiger charge is -2.05. The van der Waals surface area contributed by atoms with Gasteiger partial charge in [0.1, 0.15) is 16.3 Å². The second-order valence-corrected chi connectivity index (χ2v) is 6.24. The van der Waals surface area contributed by atoms with Gasteiger partial charge in [0, 0.05) is 19.8 Å². The fourth-order valence-electron chi connectivity index (χ4n) is 1.77. The van der Waals surface area contributed by atoms with E-state index in [1.807, 2.05) is 0 Å². The summed E-state index contributed by atoms with van der Waals surface area (Å²) in [7, 11) is -2.34. The largest absolute Gasteiger partial charge is 0.508 e. The van der Waals surface area contributed by atoms with E-state index in [1.54, 1.807) is 12.1 Å². The number of nitrogens with zero attached hydrogens (tertiary/aromatic N) is 1. The third-order valence-corrected chi connectivity index (χ3v) is 4.28. The van der Waals surface area contributed by atoms with Crippen LogP contribution in [-0.2, 0) is 23.6 Å². The molecule has 1 aromatic carbocycles. The number of benzene rings is 1. The van der Waals surface area contributed by atoms with Crippen molar-refractivity contribution in [1.29, 1.82) is 0 Å². The van der Waals surface area contributed by atoms with E-state index < -0.39 is 16.0 Å². The highest BCUT2D eigenvalue weighted by atomic mass is 32.2. The van der Waals surface area contributed by atoms with Crippen molar-refractivity contribution in [3.05, 3.63) is 47.8 Å². The number of aromatic hydroxyl groups is 1. The quantitative estimate of drug-likeness (QED) is 0.760. The van der Waals surface area contributed by atoms with Gasteiger partial charge in [0.25, 0.3) is 0 Å². The first-order chi connectivity index (χ1) is 9.79. The standard InChI is InChI=1S/C13H14N2O5S/c1-15-8-11(6-12(15)13(17)18)21(19,20)14-7-9-2-4-10(16)5-3-9/h2-6,8,14,16H,7H2,1H3,(H,17,18). The monoisotopic (exact) mass is 310 g/mol. The van der Waals surface area contributed by atoms with Crippen molar-refractivity contribution < 1.29 is 23.4 Å². The molecule has 0 radical (unpaired) electrons. The van der Waals surface area contributed by atoms with Crippen molar-refractivity contribution in [3.63, 3.8) is 0 Å². The van der Waals surface area contributed by atoms with Crippen LogP contribution in [-0.4, -0.2) is 29.2 Å². The number of carboxylic acids is 1. The van der Waals surface area contributed by atoms with E-state index in [4.69, 9.17) is 10.2 Å². The molecule has 0 amide bonds. The van der Waals surface area contributed by atoms with Crippen molar-refractivity contribution in [2.45, 2.75) is 11.4 Å². The van der Waals surface area contributed by atoms with Gasteiger partial charge in [0.2, 0.25) is 10.0 Å². The number of hydrogen-bond donors (Lipinski definition) is 3. The van der Waals surface area contributed by atoms with Crippen LogP contribution in [0.2, 0.25) is 0 Å². The van der Waals surface area contributed by atoms with Gasteiger partial charge in [-0.25, -0.2) is 17.9 Å². The van der Waals surface area contributed by atoms with E-state index in [9.17, 15) is 13.2 Å². The van der Waals surface area contributed by atoms with E-state index in [0.717, 1.165) is 6.07 Å². The molecule has 21 heavy (non-hydrogen) atoms. The molecule has 8 heteroatoms. The summed E-state index contributed by atoms with van der Waals surface area (Å²) in [6, 6.07) is 7.18. The number of carbonyl (C=O) groups is 1. The van der Waals surface area contributed by atoms with Crippen molar-refractivity contribution in [3.8, 4) is 5.75 Å². The molecule has 0 aliphatic carbocycles. The molecule has 2 aromatic rings. The van der Waals surface area contributed by atoms with Gasteiger partial charge in [0.15, 0.2) is 0 Å². The van der Waals surface area contributed by atoms with Crippen molar-refractivity contribution >= 4 is 16.0 Å². The van der Waals surface area contributed by atoms with E-state index in [1.165, 1.54) is 29.9 Å². The highest BCUT2D eigenvalue weighted by Crippen LogP contribution is 2.15. The summed E-state index contributed by atoms with van der Waals surface area (Å²) in [5.41, 5.74) is 0.561. The zero-order valence-corrected chi connectivity index (χ0v) is 12.0. The molecule has 1 aromatic heterocycles. The predicted octanol–water partition coefficient (Wildman–Crippen LogP) is 0.907. The molecule has 2 rings (SSSR count). The summed E-state index contributed by atoms with van der Waals surface area (Å²) in [6.45, 7) is 0.0416. The molecule has 0 saturated carbocycles. The van der Waals surface area contributed by atoms with Gasteiger partial charge >= 0.3 is 5.97 Å². The van der Waals surface area contributed by atoms with Crippen LogP contribution in [0.15, 0.2) is 41.4 Å². The number of phenolic OH excluding ortho intramolecular Hbond substituents is 1. The average Bonchev–Trinajstić information content (AvgIpc) is 2.81. The third-order valence-electron chi connectivity index (χ3n) is 2.91. The normalized spacial score (nSPS) is 11.5. The molecule has 0 atom stereocenters. The van der Waals surface area contributed by atoms with Gasteiger partial charge in [-0.3, -0.25) is 0 Å². The summed E-state index contributed by atoms with van der Waals surface area (Å²) in [6.07, 6.45) is 1.24. The van der Waals surface area contributed by atoms with Crippen molar-refractivity contribution in [2.24, 2.45) is 7.05 Å². The fraction of sp³-hybridized carbons (Fsp3) is 0.154. The van der Waals surface area contributed by atoms with Crippen LogP contribution < -0.4 is 4.72 Å². The molecule has 3 N–H and O–H groups in total. The van der Waals surface area contributed by atoms with Crippen LogP contribution in [0, 0.1) is 0 Å². The lowest BCUT2D eigenvalue weighted by Crippen LogP contribution is -2.22. The zero-order chi connectivity index (χ0) is 15.6. The van der Waals surface area contributed by atoms with Gasteiger partial charge in [-0.2, -0.15) is 0 Å². The highest BCUT2D eigenvalue weighted by molar-refractivity contribution is 7.89. The molecule has 1 heterocycles. The number of sulfonamides is 1. The Morgan fingerprint density at radius 3 is 2.43 bits per heavy atom. The molecular weight excluding hydrogens is 296 g/mol. The molecular formula is C13H14N2O5S. The summed E-state index contributed by atoms with van der Waals surface area (Å²) in [5.74, 6) is -1.10.